The molecule has 6 heteroatoms. The largest absolute Gasteiger partial charge is 0.493 e. The Hall–Kier alpha value is -2.50. The standard InChI is InChI=1S/C13H14N2O4/c1-18-11-4-3-9(7-12(11)19-2)8-15-6-5-10(14-15)13(16)17/h3-7H,8H2,1-2H3,(H,16,17). The zero-order valence-electron chi connectivity index (χ0n) is 10.7. The third-order valence-electron chi connectivity index (χ3n) is 2.65. The molecule has 0 aliphatic heterocycles. The summed E-state index contributed by atoms with van der Waals surface area (Å²) in [5.74, 6) is 0.245. The van der Waals surface area contributed by atoms with E-state index in [1.54, 1.807) is 31.2 Å². The molecule has 1 N–H and O–H groups in total. The van der Waals surface area contributed by atoms with Crippen molar-refractivity contribution in [2.24, 2.45) is 0 Å². The van der Waals surface area contributed by atoms with E-state index in [-0.39, 0.29) is 5.69 Å². The Balaban J connectivity index is 2.20. The molecule has 0 spiro atoms. The smallest absolute Gasteiger partial charge is 0.356 e. The average molecular weight is 262 g/mol. The van der Waals surface area contributed by atoms with Gasteiger partial charge in [0.1, 0.15) is 0 Å². The highest BCUT2D eigenvalue weighted by Gasteiger charge is 2.08. The van der Waals surface area contributed by atoms with Crippen molar-refractivity contribution in [3.05, 3.63) is 41.7 Å². The van der Waals surface area contributed by atoms with Crippen LogP contribution in [0.5, 0.6) is 11.5 Å². The third kappa shape index (κ3) is 2.85. The summed E-state index contributed by atoms with van der Waals surface area (Å²) in [6.07, 6.45) is 1.63. The molecule has 0 bridgehead atoms. The van der Waals surface area contributed by atoms with Gasteiger partial charge in [0, 0.05) is 6.20 Å². The number of aromatic nitrogens is 2. The second-order valence-corrected chi connectivity index (χ2v) is 3.89. The summed E-state index contributed by atoms with van der Waals surface area (Å²) < 4.78 is 11.9. The first-order valence-corrected chi connectivity index (χ1v) is 5.61. The van der Waals surface area contributed by atoms with Gasteiger partial charge in [0.2, 0.25) is 0 Å². The van der Waals surface area contributed by atoms with E-state index in [9.17, 15) is 4.79 Å². The molecular weight excluding hydrogens is 248 g/mol. The van der Waals surface area contributed by atoms with E-state index in [2.05, 4.69) is 5.10 Å². The van der Waals surface area contributed by atoms with Crippen molar-refractivity contribution in [2.45, 2.75) is 6.54 Å². The fraction of sp³-hybridized carbons (Fsp3) is 0.231. The quantitative estimate of drug-likeness (QED) is 0.886. The topological polar surface area (TPSA) is 73.6 Å². The molecule has 0 saturated heterocycles. The molecule has 0 radical (unpaired) electrons. The number of carboxylic acids is 1. The van der Waals surface area contributed by atoms with Gasteiger partial charge in [-0.1, -0.05) is 6.07 Å². The van der Waals surface area contributed by atoms with Crippen molar-refractivity contribution in [3.63, 3.8) is 0 Å². The van der Waals surface area contributed by atoms with Crippen molar-refractivity contribution < 1.29 is 19.4 Å². The highest BCUT2D eigenvalue weighted by molar-refractivity contribution is 5.85. The van der Waals surface area contributed by atoms with E-state index < -0.39 is 5.97 Å². The zero-order chi connectivity index (χ0) is 13.8. The summed E-state index contributed by atoms with van der Waals surface area (Å²) in [4.78, 5) is 10.7. The third-order valence-corrected chi connectivity index (χ3v) is 2.65. The lowest BCUT2D eigenvalue weighted by Gasteiger charge is -2.09. The lowest BCUT2D eigenvalue weighted by atomic mass is 10.2. The molecule has 19 heavy (non-hydrogen) atoms. The number of aromatic carboxylic acids is 1. The fourth-order valence-corrected chi connectivity index (χ4v) is 1.73. The van der Waals surface area contributed by atoms with Crippen molar-refractivity contribution in [2.75, 3.05) is 14.2 Å². The first-order valence-electron chi connectivity index (χ1n) is 5.61. The highest BCUT2D eigenvalue weighted by atomic mass is 16.5. The SMILES string of the molecule is COc1ccc(Cn2ccc(C(=O)O)n2)cc1OC. The van der Waals surface area contributed by atoms with Crippen LogP contribution in [0.4, 0.5) is 0 Å². The van der Waals surface area contributed by atoms with Crippen molar-refractivity contribution in [3.8, 4) is 11.5 Å². The number of hydrogen-bond donors (Lipinski definition) is 1. The maximum atomic E-state index is 10.7. The molecular formula is C13H14N2O4. The predicted octanol–water partition coefficient (Wildman–Crippen LogP) is 1.65. The van der Waals surface area contributed by atoms with Crippen LogP contribution in [0.2, 0.25) is 0 Å². The summed E-state index contributed by atoms with van der Waals surface area (Å²) in [6.45, 7) is 0.466. The van der Waals surface area contributed by atoms with Crippen LogP contribution in [0.1, 0.15) is 16.1 Å². The fourth-order valence-electron chi connectivity index (χ4n) is 1.73. The van der Waals surface area contributed by atoms with Crippen LogP contribution in [0.15, 0.2) is 30.5 Å². The molecule has 1 aromatic carbocycles. The molecule has 0 amide bonds. The summed E-state index contributed by atoms with van der Waals surface area (Å²) in [7, 11) is 3.14. The number of carbonyl (C=O) groups is 1. The highest BCUT2D eigenvalue weighted by Crippen LogP contribution is 2.27. The molecule has 1 aromatic heterocycles. The summed E-state index contributed by atoms with van der Waals surface area (Å²) in [6, 6.07) is 6.98. The normalized spacial score (nSPS) is 10.2. The molecule has 1 heterocycles. The van der Waals surface area contributed by atoms with Crippen LogP contribution in [0, 0.1) is 0 Å². The molecule has 0 unspecified atom stereocenters. The van der Waals surface area contributed by atoms with Gasteiger partial charge in [-0.15, -0.1) is 0 Å². The Kier molecular flexibility index (Phi) is 3.70. The molecule has 0 atom stereocenters. The van der Waals surface area contributed by atoms with Gasteiger partial charge in [0.15, 0.2) is 17.2 Å². The Labute approximate surface area is 110 Å². The van der Waals surface area contributed by atoms with Gasteiger partial charge >= 0.3 is 5.97 Å². The predicted molar refractivity (Wildman–Crippen MR) is 67.8 cm³/mol. The second-order valence-electron chi connectivity index (χ2n) is 3.89. The van der Waals surface area contributed by atoms with E-state index >= 15 is 0 Å². The van der Waals surface area contributed by atoms with Gasteiger partial charge < -0.3 is 14.6 Å². The number of benzene rings is 1. The maximum absolute atomic E-state index is 10.7. The lowest BCUT2D eigenvalue weighted by molar-refractivity contribution is 0.0689. The number of rotatable bonds is 5. The maximum Gasteiger partial charge on any atom is 0.356 e. The van der Waals surface area contributed by atoms with E-state index in [1.807, 2.05) is 12.1 Å². The Morgan fingerprint density at radius 3 is 2.58 bits per heavy atom. The number of nitrogens with zero attached hydrogens (tertiary/aromatic N) is 2. The molecule has 0 aliphatic carbocycles. The Morgan fingerprint density at radius 1 is 1.26 bits per heavy atom. The van der Waals surface area contributed by atoms with Gasteiger partial charge in [0.25, 0.3) is 0 Å². The zero-order valence-corrected chi connectivity index (χ0v) is 10.7. The first-order chi connectivity index (χ1) is 9.13. The van der Waals surface area contributed by atoms with E-state index in [0.29, 0.717) is 18.0 Å². The average Bonchev–Trinajstić information content (AvgIpc) is 2.87. The molecule has 2 rings (SSSR count). The first kappa shape index (κ1) is 12.9. The van der Waals surface area contributed by atoms with Crippen molar-refractivity contribution in [1.82, 2.24) is 9.78 Å². The molecule has 2 aromatic rings. The number of hydrogen-bond acceptors (Lipinski definition) is 4. The van der Waals surface area contributed by atoms with Crippen molar-refractivity contribution in [1.29, 1.82) is 0 Å². The number of methoxy groups -OCH3 is 2. The number of ether oxygens (including phenoxy) is 2. The summed E-state index contributed by atoms with van der Waals surface area (Å²) >= 11 is 0. The van der Waals surface area contributed by atoms with Crippen LogP contribution in [0.25, 0.3) is 0 Å². The van der Waals surface area contributed by atoms with Gasteiger partial charge in [-0.05, 0) is 23.8 Å². The van der Waals surface area contributed by atoms with Crippen LogP contribution in [-0.4, -0.2) is 35.1 Å². The Bertz CT molecular complexity index is 592. The van der Waals surface area contributed by atoms with Gasteiger partial charge in [-0.3, -0.25) is 4.68 Å². The Morgan fingerprint density at radius 2 is 2.00 bits per heavy atom. The minimum Gasteiger partial charge on any atom is -0.493 e. The van der Waals surface area contributed by atoms with Crippen LogP contribution in [-0.2, 0) is 6.54 Å². The molecule has 0 aliphatic rings. The second kappa shape index (κ2) is 5.43. The monoisotopic (exact) mass is 262 g/mol. The molecule has 6 nitrogen and oxygen atoms in total. The minimum absolute atomic E-state index is 0.0282. The number of carboxylic acid groups (broad SMARTS) is 1. The van der Waals surface area contributed by atoms with Gasteiger partial charge in [-0.25, -0.2) is 4.79 Å². The van der Waals surface area contributed by atoms with Gasteiger partial charge in [0.05, 0.1) is 20.8 Å². The molecule has 0 saturated carbocycles. The van der Waals surface area contributed by atoms with Gasteiger partial charge in [-0.2, -0.15) is 5.10 Å². The minimum atomic E-state index is -1.04. The van der Waals surface area contributed by atoms with Crippen LogP contribution in [0.3, 0.4) is 0 Å². The van der Waals surface area contributed by atoms with Crippen molar-refractivity contribution >= 4 is 5.97 Å². The molecule has 100 valence electrons. The summed E-state index contributed by atoms with van der Waals surface area (Å²) in [5.41, 5.74) is 0.971. The van der Waals surface area contributed by atoms with E-state index in [0.717, 1.165) is 5.56 Å². The lowest BCUT2D eigenvalue weighted by Crippen LogP contribution is -2.04. The molecule has 0 fully saturated rings. The van der Waals surface area contributed by atoms with Crippen LogP contribution >= 0.6 is 0 Å². The summed E-state index contributed by atoms with van der Waals surface area (Å²) in [5, 5.41) is 12.8. The van der Waals surface area contributed by atoms with E-state index in [4.69, 9.17) is 14.6 Å². The van der Waals surface area contributed by atoms with Crippen LogP contribution < -0.4 is 9.47 Å². The van der Waals surface area contributed by atoms with E-state index in [1.165, 1.54) is 6.07 Å².